The quantitative estimate of drug-likeness (QED) is 0.707. The molecule has 30 heavy (non-hydrogen) atoms. The summed E-state index contributed by atoms with van der Waals surface area (Å²) in [4.78, 5) is 38.7. The maximum absolute atomic E-state index is 12.5. The molecule has 0 aromatic heterocycles. The van der Waals surface area contributed by atoms with E-state index in [1.165, 1.54) is 0 Å². The summed E-state index contributed by atoms with van der Waals surface area (Å²) in [5.74, 6) is 0.621. The van der Waals surface area contributed by atoms with Crippen molar-refractivity contribution < 1.29 is 23.9 Å². The van der Waals surface area contributed by atoms with Gasteiger partial charge in [-0.2, -0.15) is 0 Å². The highest BCUT2D eigenvalue weighted by Gasteiger charge is 2.28. The minimum atomic E-state index is -0.640. The predicted octanol–water partition coefficient (Wildman–Crippen LogP) is 1.63. The van der Waals surface area contributed by atoms with Crippen LogP contribution in [0.2, 0.25) is 0 Å². The summed E-state index contributed by atoms with van der Waals surface area (Å²) < 4.78 is 10.5. The molecule has 0 bridgehead atoms. The van der Waals surface area contributed by atoms with Crippen LogP contribution in [0.15, 0.2) is 48.5 Å². The summed E-state index contributed by atoms with van der Waals surface area (Å²) in [5.41, 5.74) is 1.43. The fourth-order valence-corrected chi connectivity index (χ4v) is 3.55. The van der Waals surface area contributed by atoms with Crippen molar-refractivity contribution in [3.63, 3.8) is 0 Å². The number of fused-ring (bicyclic) bond motifs is 1. The van der Waals surface area contributed by atoms with Crippen LogP contribution in [0.25, 0.3) is 0 Å². The fraction of sp³-hybridized carbons (Fsp3) is 0.286. The van der Waals surface area contributed by atoms with Crippen molar-refractivity contribution in [2.24, 2.45) is 0 Å². The van der Waals surface area contributed by atoms with Crippen molar-refractivity contribution in [1.29, 1.82) is 0 Å². The van der Waals surface area contributed by atoms with Crippen molar-refractivity contribution in [3.8, 4) is 11.5 Å². The molecule has 3 N–H and O–H groups in total. The van der Waals surface area contributed by atoms with Gasteiger partial charge < -0.3 is 20.1 Å². The minimum Gasteiger partial charge on any atom is -0.454 e. The Balaban J connectivity index is 1.37. The number of anilines is 1. The summed E-state index contributed by atoms with van der Waals surface area (Å²) in [6.45, 7) is 1.07. The molecule has 0 unspecified atom stereocenters. The molecule has 156 valence electrons. The van der Waals surface area contributed by atoms with E-state index in [2.05, 4.69) is 16.0 Å². The van der Waals surface area contributed by atoms with Gasteiger partial charge in [-0.05, 0) is 17.7 Å². The molecule has 0 radical (unpaired) electrons. The van der Waals surface area contributed by atoms with Crippen LogP contribution in [0.4, 0.5) is 10.5 Å². The molecular weight excluding hydrogens is 388 g/mol. The van der Waals surface area contributed by atoms with Gasteiger partial charge in [0.2, 0.25) is 18.6 Å². The second-order valence-corrected chi connectivity index (χ2v) is 7.02. The first kappa shape index (κ1) is 19.7. The highest BCUT2D eigenvalue weighted by atomic mass is 16.7. The second kappa shape index (κ2) is 8.83. The lowest BCUT2D eigenvalue weighted by molar-refractivity contribution is -0.123. The highest BCUT2D eigenvalue weighted by Crippen LogP contribution is 2.34. The summed E-state index contributed by atoms with van der Waals surface area (Å²) in [6.07, 6.45) is 0.251. The number of rotatable bonds is 4. The Morgan fingerprint density at radius 2 is 1.90 bits per heavy atom. The van der Waals surface area contributed by atoms with Gasteiger partial charge in [0, 0.05) is 37.3 Å². The van der Waals surface area contributed by atoms with Crippen molar-refractivity contribution in [1.82, 2.24) is 15.5 Å². The van der Waals surface area contributed by atoms with E-state index in [0.717, 1.165) is 5.56 Å². The molecule has 0 aliphatic carbocycles. The monoisotopic (exact) mass is 410 g/mol. The summed E-state index contributed by atoms with van der Waals surface area (Å²) in [5, 5.41) is 7.78. The number of carbonyl (C=O) groups is 3. The second-order valence-electron chi connectivity index (χ2n) is 7.02. The molecule has 4 rings (SSSR count). The number of carbonyl (C=O) groups excluding carboxylic acids is 3. The molecule has 2 aromatic rings. The Hall–Kier alpha value is -3.59. The van der Waals surface area contributed by atoms with Gasteiger partial charge in [0.05, 0.1) is 6.54 Å². The maximum atomic E-state index is 12.5. The van der Waals surface area contributed by atoms with E-state index in [1.54, 1.807) is 18.2 Å². The van der Waals surface area contributed by atoms with Crippen LogP contribution in [0.3, 0.4) is 0 Å². The van der Waals surface area contributed by atoms with Gasteiger partial charge in [-0.3, -0.25) is 19.8 Å². The number of nitrogens with one attached hydrogen (secondary N) is 3. The van der Waals surface area contributed by atoms with E-state index < -0.39 is 11.9 Å². The predicted molar refractivity (Wildman–Crippen MR) is 108 cm³/mol. The summed E-state index contributed by atoms with van der Waals surface area (Å²) in [7, 11) is 0. The summed E-state index contributed by atoms with van der Waals surface area (Å²) in [6, 6.07) is 13.7. The van der Waals surface area contributed by atoms with Crippen LogP contribution >= 0.6 is 0 Å². The van der Waals surface area contributed by atoms with E-state index in [0.29, 0.717) is 30.3 Å². The number of ether oxygens (including phenoxy) is 2. The molecule has 0 saturated carbocycles. The average molecular weight is 410 g/mol. The molecule has 1 fully saturated rings. The molecule has 9 nitrogen and oxygen atoms in total. The van der Waals surface area contributed by atoms with Crippen molar-refractivity contribution in [2.75, 3.05) is 31.7 Å². The topological polar surface area (TPSA) is 109 Å². The van der Waals surface area contributed by atoms with Gasteiger partial charge >= 0.3 is 6.03 Å². The van der Waals surface area contributed by atoms with Crippen molar-refractivity contribution in [2.45, 2.75) is 12.5 Å². The number of amides is 4. The van der Waals surface area contributed by atoms with Gasteiger partial charge in [-0.1, -0.05) is 30.3 Å². The van der Waals surface area contributed by atoms with E-state index >= 15 is 0 Å². The minimum absolute atomic E-state index is 0.0108. The van der Waals surface area contributed by atoms with E-state index in [9.17, 15) is 14.4 Å². The Bertz CT molecular complexity index is 950. The Morgan fingerprint density at radius 3 is 2.73 bits per heavy atom. The van der Waals surface area contributed by atoms with E-state index in [1.807, 2.05) is 35.2 Å². The largest absolute Gasteiger partial charge is 0.454 e. The number of benzene rings is 2. The van der Waals surface area contributed by atoms with Crippen LogP contribution in [0, 0.1) is 0 Å². The standard InChI is InChI=1S/C21H22N4O5/c26-19-11-16(14-4-2-1-3-5-14)25(9-8-22-19)12-20(27)24-21(28)23-15-6-7-17-18(10-15)30-13-29-17/h1-7,10,16H,8-9,11-13H2,(H,22,26)(H2,23,24,27,28)/t16-/m1/s1. The first-order chi connectivity index (χ1) is 14.6. The first-order valence-corrected chi connectivity index (χ1v) is 9.64. The van der Waals surface area contributed by atoms with Crippen LogP contribution in [-0.2, 0) is 9.59 Å². The molecule has 2 aliphatic heterocycles. The lowest BCUT2D eigenvalue weighted by atomic mass is 10.0. The smallest absolute Gasteiger partial charge is 0.325 e. The zero-order valence-corrected chi connectivity index (χ0v) is 16.2. The van der Waals surface area contributed by atoms with Crippen LogP contribution in [-0.4, -0.2) is 49.2 Å². The Kier molecular flexibility index (Phi) is 5.80. The van der Waals surface area contributed by atoms with Gasteiger partial charge in [-0.15, -0.1) is 0 Å². The van der Waals surface area contributed by atoms with Crippen LogP contribution in [0.1, 0.15) is 18.0 Å². The number of urea groups is 1. The maximum Gasteiger partial charge on any atom is 0.325 e. The number of hydrogen-bond donors (Lipinski definition) is 3. The zero-order chi connectivity index (χ0) is 20.9. The Morgan fingerprint density at radius 1 is 1.10 bits per heavy atom. The molecule has 2 heterocycles. The molecule has 0 spiro atoms. The Labute approximate surface area is 173 Å². The highest BCUT2D eigenvalue weighted by molar-refractivity contribution is 6.02. The molecule has 1 atom stereocenters. The first-order valence-electron chi connectivity index (χ1n) is 9.64. The third kappa shape index (κ3) is 4.69. The van der Waals surface area contributed by atoms with Gasteiger partial charge in [-0.25, -0.2) is 4.79 Å². The summed E-state index contributed by atoms with van der Waals surface area (Å²) >= 11 is 0. The third-order valence-corrected chi connectivity index (χ3v) is 4.96. The van der Waals surface area contributed by atoms with E-state index in [-0.39, 0.29) is 31.7 Å². The SMILES string of the molecule is O=C1C[C@H](c2ccccc2)N(CC(=O)NC(=O)Nc2ccc3c(c2)OCO3)CCN1. The average Bonchev–Trinajstić information content (AvgIpc) is 3.12. The van der Waals surface area contributed by atoms with Crippen molar-refractivity contribution in [3.05, 3.63) is 54.1 Å². The molecule has 2 aromatic carbocycles. The third-order valence-electron chi connectivity index (χ3n) is 4.96. The molecule has 2 aliphatic rings. The van der Waals surface area contributed by atoms with E-state index in [4.69, 9.17) is 9.47 Å². The van der Waals surface area contributed by atoms with Crippen LogP contribution < -0.4 is 25.4 Å². The number of imide groups is 1. The van der Waals surface area contributed by atoms with Crippen LogP contribution in [0.5, 0.6) is 11.5 Å². The normalized spacial score (nSPS) is 18.3. The lowest BCUT2D eigenvalue weighted by Crippen LogP contribution is -2.43. The number of nitrogens with zero attached hydrogens (tertiary/aromatic N) is 1. The van der Waals surface area contributed by atoms with Crippen molar-refractivity contribution >= 4 is 23.5 Å². The molecule has 4 amide bonds. The van der Waals surface area contributed by atoms with Gasteiger partial charge in [0.15, 0.2) is 11.5 Å². The fourth-order valence-electron chi connectivity index (χ4n) is 3.55. The lowest BCUT2D eigenvalue weighted by Gasteiger charge is -2.28. The zero-order valence-electron chi connectivity index (χ0n) is 16.2. The van der Waals surface area contributed by atoms with Gasteiger partial charge in [0.25, 0.3) is 0 Å². The molecular formula is C21H22N4O5. The van der Waals surface area contributed by atoms with Gasteiger partial charge in [0.1, 0.15) is 0 Å². The number of hydrogen-bond acceptors (Lipinski definition) is 6. The molecule has 1 saturated heterocycles. The molecule has 9 heteroatoms.